The van der Waals surface area contributed by atoms with Crippen LogP contribution in [0.4, 0.5) is 0 Å². The zero-order valence-electron chi connectivity index (χ0n) is 20.8. The Morgan fingerprint density at radius 3 is 2.03 bits per heavy atom. The number of rotatable bonds is 1. The predicted octanol–water partition coefficient (Wildman–Crippen LogP) is 6.65. The van der Waals surface area contributed by atoms with Gasteiger partial charge in [-0.05, 0) is 48.5 Å². The van der Waals surface area contributed by atoms with Gasteiger partial charge in [0.15, 0.2) is 0 Å². The Labute approximate surface area is 217 Å². The molecular formula is C29H38IrNO3-. The average molecular weight is 641 g/mol. The Bertz CT molecular complexity index is 985. The van der Waals surface area contributed by atoms with Gasteiger partial charge >= 0.3 is 0 Å². The van der Waals surface area contributed by atoms with Gasteiger partial charge in [-0.1, -0.05) is 70.9 Å². The molecule has 5 rings (SSSR count). The van der Waals surface area contributed by atoms with E-state index in [1.54, 1.807) is 6.20 Å². The Balaban J connectivity index is 0.000000187. The maximum absolute atomic E-state index is 10.8. The molecular weight excluding hydrogens is 603 g/mol. The summed E-state index contributed by atoms with van der Waals surface area (Å²) >= 11 is 0. The van der Waals surface area contributed by atoms with Crippen LogP contribution in [-0.2, 0) is 20.1 Å². The monoisotopic (exact) mass is 641 g/mol. The molecule has 5 heteroatoms. The van der Waals surface area contributed by atoms with Crippen molar-refractivity contribution in [1.29, 1.82) is 0 Å². The van der Waals surface area contributed by atoms with E-state index in [1.807, 2.05) is 42.5 Å². The third-order valence-corrected chi connectivity index (χ3v) is 7.91. The van der Waals surface area contributed by atoms with E-state index in [2.05, 4.69) is 38.7 Å². The van der Waals surface area contributed by atoms with Gasteiger partial charge in [0.05, 0.1) is 18.0 Å². The zero-order valence-corrected chi connectivity index (χ0v) is 23.1. The number of aromatic nitrogens is 1. The van der Waals surface area contributed by atoms with Gasteiger partial charge in [0.2, 0.25) is 0 Å². The fourth-order valence-corrected chi connectivity index (χ4v) is 5.73. The summed E-state index contributed by atoms with van der Waals surface area (Å²) in [6.45, 7) is 8.63. The molecule has 1 radical (unpaired) electrons. The molecule has 2 heterocycles. The molecule has 0 amide bonds. The van der Waals surface area contributed by atoms with Crippen LogP contribution in [-0.4, -0.2) is 27.4 Å². The van der Waals surface area contributed by atoms with Gasteiger partial charge < -0.3 is 19.6 Å². The van der Waals surface area contributed by atoms with Crippen LogP contribution in [0.3, 0.4) is 0 Å². The van der Waals surface area contributed by atoms with Crippen molar-refractivity contribution >= 4 is 11.0 Å². The Morgan fingerprint density at radius 2 is 1.47 bits per heavy atom. The second-order valence-electron chi connectivity index (χ2n) is 11.3. The number of fused-ring (bicyclic) bond motifs is 2. The number of hydrogen-bond acceptors (Lipinski definition) is 4. The Morgan fingerprint density at radius 1 is 0.882 bits per heavy atom. The molecule has 34 heavy (non-hydrogen) atoms. The van der Waals surface area contributed by atoms with E-state index in [9.17, 15) is 10.2 Å². The molecule has 0 bridgehead atoms. The minimum absolute atomic E-state index is 0. The second-order valence-corrected chi connectivity index (χ2v) is 11.3. The summed E-state index contributed by atoms with van der Waals surface area (Å²) in [4.78, 5) is 4.22. The molecule has 187 valence electrons. The Kier molecular flexibility index (Phi) is 8.79. The van der Waals surface area contributed by atoms with Crippen molar-refractivity contribution in [2.75, 3.05) is 0 Å². The van der Waals surface area contributed by atoms with Crippen LogP contribution in [0, 0.1) is 28.7 Å². The number of hydrogen-bond donors (Lipinski definition) is 2. The van der Waals surface area contributed by atoms with E-state index < -0.39 is 0 Å². The standard InChI is InChI=1S/C16H30O2.C13H8NO.Ir/c1-15(2)9-5-7-11-8-6-10-16(3,4)14(18)12(11)13(15)17;1-2-7-12-10(5-1)9-13(15-12)11-6-3-4-8-14-11;/h11-14,17-18H,5-10H2,1-4H3;1-8H;/q;-1;. The van der Waals surface area contributed by atoms with E-state index >= 15 is 0 Å². The molecule has 2 atom stereocenters. The van der Waals surface area contributed by atoms with Crippen molar-refractivity contribution in [2.24, 2.45) is 22.7 Å². The van der Waals surface area contributed by atoms with Gasteiger partial charge in [0, 0.05) is 43.5 Å². The molecule has 0 saturated heterocycles. The van der Waals surface area contributed by atoms with Crippen molar-refractivity contribution in [1.82, 2.24) is 4.98 Å². The van der Waals surface area contributed by atoms with Crippen molar-refractivity contribution in [3.8, 4) is 11.5 Å². The maximum atomic E-state index is 10.8. The first-order valence-corrected chi connectivity index (χ1v) is 12.4. The molecule has 3 aromatic rings. The van der Waals surface area contributed by atoms with Gasteiger partial charge in [0.25, 0.3) is 0 Å². The first kappa shape index (κ1) is 27.1. The normalized spacial score (nSPS) is 27.8. The van der Waals surface area contributed by atoms with E-state index in [1.165, 1.54) is 25.7 Å². The summed E-state index contributed by atoms with van der Waals surface area (Å²) in [5.41, 5.74) is 1.55. The summed E-state index contributed by atoms with van der Waals surface area (Å²) in [5.74, 6) is 1.27. The summed E-state index contributed by atoms with van der Waals surface area (Å²) in [7, 11) is 0. The van der Waals surface area contributed by atoms with Crippen LogP contribution in [0.15, 0.2) is 53.1 Å². The molecule has 0 spiro atoms. The van der Waals surface area contributed by atoms with Crippen LogP contribution in [0.2, 0.25) is 0 Å². The minimum Gasteiger partial charge on any atom is -0.518 e. The van der Waals surface area contributed by atoms with Crippen LogP contribution in [0.5, 0.6) is 0 Å². The molecule has 2 fully saturated rings. The third-order valence-electron chi connectivity index (χ3n) is 7.91. The molecule has 1 aromatic carbocycles. The summed E-state index contributed by atoms with van der Waals surface area (Å²) in [6, 6.07) is 16.7. The van der Waals surface area contributed by atoms with Crippen molar-refractivity contribution < 1.29 is 34.7 Å². The number of aliphatic hydroxyl groups excluding tert-OH is 2. The average Bonchev–Trinajstić information content (AvgIpc) is 3.15. The van der Waals surface area contributed by atoms with Crippen LogP contribution >= 0.6 is 0 Å². The molecule has 2 aliphatic rings. The molecule has 2 unspecified atom stereocenters. The largest absolute Gasteiger partial charge is 0.518 e. The van der Waals surface area contributed by atoms with Gasteiger partial charge in [-0.15, -0.1) is 17.5 Å². The number of para-hydroxylation sites is 1. The zero-order chi connectivity index (χ0) is 23.6. The quantitative estimate of drug-likeness (QED) is 0.293. The summed E-state index contributed by atoms with van der Waals surface area (Å²) in [6.07, 6.45) is 7.92. The SMILES string of the molecule is CC1(C)CCCC2CCCC(C)(C)C(O)C2C1O.[Ir].[c-]1c(-c2ccccn2)oc2ccccc12. The molecule has 4 nitrogen and oxygen atoms in total. The topological polar surface area (TPSA) is 66.5 Å². The van der Waals surface area contributed by atoms with Crippen molar-refractivity contribution in [3.63, 3.8) is 0 Å². The number of furan rings is 1. The van der Waals surface area contributed by atoms with E-state index in [4.69, 9.17) is 4.42 Å². The number of benzene rings is 1. The maximum Gasteiger partial charge on any atom is 0.0646 e. The van der Waals surface area contributed by atoms with E-state index in [0.29, 0.717) is 11.7 Å². The fourth-order valence-electron chi connectivity index (χ4n) is 5.73. The van der Waals surface area contributed by atoms with Gasteiger partial charge in [0.1, 0.15) is 0 Å². The van der Waals surface area contributed by atoms with Crippen LogP contribution in [0.1, 0.15) is 66.2 Å². The predicted molar refractivity (Wildman–Crippen MR) is 133 cm³/mol. The molecule has 2 N–H and O–H groups in total. The van der Waals surface area contributed by atoms with Gasteiger partial charge in [-0.25, -0.2) is 0 Å². The third kappa shape index (κ3) is 5.82. The Hall–Kier alpha value is -1.52. The smallest absolute Gasteiger partial charge is 0.0646 e. The summed E-state index contributed by atoms with van der Waals surface area (Å²) < 4.78 is 5.64. The fraction of sp³-hybridized carbons (Fsp3) is 0.552. The number of pyridine rings is 1. The molecule has 2 aliphatic carbocycles. The van der Waals surface area contributed by atoms with Crippen molar-refractivity contribution in [3.05, 3.63) is 54.7 Å². The molecule has 2 aromatic heterocycles. The molecule has 0 aliphatic heterocycles. The van der Waals surface area contributed by atoms with Crippen molar-refractivity contribution in [2.45, 2.75) is 78.4 Å². The first-order chi connectivity index (χ1) is 15.7. The van der Waals surface area contributed by atoms with Gasteiger partial charge in [-0.2, -0.15) is 0 Å². The van der Waals surface area contributed by atoms with Crippen LogP contribution in [0.25, 0.3) is 22.4 Å². The van der Waals surface area contributed by atoms with Crippen LogP contribution < -0.4 is 0 Å². The summed E-state index contributed by atoms with van der Waals surface area (Å²) in [5, 5.41) is 22.5. The van der Waals surface area contributed by atoms with Gasteiger partial charge in [-0.3, -0.25) is 0 Å². The minimum atomic E-state index is -0.364. The number of aliphatic hydroxyl groups is 2. The first-order valence-electron chi connectivity index (χ1n) is 12.4. The van der Waals surface area contributed by atoms with E-state index in [-0.39, 0.29) is 49.1 Å². The van der Waals surface area contributed by atoms with E-state index in [0.717, 1.165) is 29.5 Å². The molecule has 2 saturated carbocycles. The second kappa shape index (κ2) is 11.0. The number of nitrogens with zero attached hydrogens (tertiary/aromatic N) is 1.